The molecule has 2 aliphatic rings. The summed E-state index contributed by atoms with van der Waals surface area (Å²) in [4.78, 5) is 9.52. The third-order valence-corrected chi connectivity index (χ3v) is 11.6. The average molecular weight is 641 g/mol. The normalized spacial score (nSPS) is 14.7. The second-order valence-corrected chi connectivity index (χ2v) is 15.0. The first-order valence-electron chi connectivity index (χ1n) is 17.6. The van der Waals surface area contributed by atoms with Gasteiger partial charge in [0.05, 0.1) is 11.4 Å². The molecular formula is C48H36N2. The topological polar surface area (TPSA) is 25.8 Å². The Hall–Kier alpha value is -5.86. The molecule has 50 heavy (non-hydrogen) atoms. The molecule has 8 aromatic rings. The number of aromatic nitrogens is 2. The first kappa shape index (κ1) is 29.1. The fourth-order valence-corrected chi connectivity index (χ4v) is 9.06. The molecule has 0 fully saturated rings. The lowest BCUT2D eigenvalue weighted by atomic mass is 9.78. The molecule has 0 amide bonds. The molecule has 6 aromatic carbocycles. The van der Waals surface area contributed by atoms with E-state index in [2.05, 4.69) is 148 Å². The van der Waals surface area contributed by atoms with Crippen molar-refractivity contribution in [1.29, 1.82) is 0 Å². The molecule has 0 bridgehead atoms. The van der Waals surface area contributed by atoms with Crippen molar-refractivity contribution in [3.63, 3.8) is 0 Å². The van der Waals surface area contributed by atoms with Crippen LogP contribution in [0.25, 0.3) is 77.4 Å². The molecule has 2 aromatic heterocycles. The van der Waals surface area contributed by atoms with Crippen molar-refractivity contribution in [2.24, 2.45) is 0 Å². The molecule has 0 unspecified atom stereocenters. The lowest BCUT2D eigenvalue weighted by Crippen LogP contribution is -2.15. The summed E-state index contributed by atoms with van der Waals surface area (Å²) in [5.74, 6) is 0. The van der Waals surface area contributed by atoms with Crippen LogP contribution in [0.5, 0.6) is 0 Å². The minimum atomic E-state index is -0.117. The summed E-state index contributed by atoms with van der Waals surface area (Å²) in [6.07, 6.45) is 3.86. The van der Waals surface area contributed by atoms with Crippen LogP contribution in [0, 0.1) is 0 Å². The molecular weight excluding hydrogens is 605 g/mol. The summed E-state index contributed by atoms with van der Waals surface area (Å²) < 4.78 is 0. The number of benzene rings is 6. The summed E-state index contributed by atoms with van der Waals surface area (Å²) in [5, 5.41) is 5.02. The van der Waals surface area contributed by atoms with Gasteiger partial charge in [-0.15, -0.1) is 0 Å². The van der Waals surface area contributed by atoms with E-state index in [1.807, 2.05) is 30.6 Å². The zero-order chi connectivity index (χ0) is 33.8. The largest absolute Gasteiger partial charge is 0.255 e. The van der Waals surface area contributed by atoms with Gasteiger partial charge in [-0.1, -0.05) is 125 Å². The van der Waals surface area contributed by atoms with E-state index in [0.717, 1.165) is 17.0 Å². The van der Waals surface area contributed by atoms with Crippen LogP contribution in [-0.2, 0) is 10.8 Å². The highest BCUT2D eigenvalue weighted by Crippen LogP contribution is 2.54. The van der Waals surface area contributed by atoms with E-state index in [1.54, 1.807) is 0 Å². The van der Waals surface area contributed by atoms with Crippen molar-refractivity contribution in [1.82, 2.24) is 9.97 Å². The third kappa shape index (κ3) is 3.96. The van der Waals surface area contributed by atoms with E-state index in [0.29, 0.717) is 0 Å². The maximum atomic E-state index is 4.97. The summed E-state index contributed by atoms with van der Waals surface area (Å²) in [6, 6.07) is 49.3. The summed E-state index contributed by atoms with van der Waals surface area (Å²) >= 11 is 0. The Morgan fingerprint density at radius 3 is 1.58 bits per heavy atom. The van der Waals surface area contributed by atoms with Crippen molar-refractivity contribution < 1.29 is 0 Å². The molecule has 0 atom stereocenters. The number of rotatable bonds is 3. The number of pyridine rings is 2. The van der Waals surface area contributed by atoms with E-state index in [9.17, 15) is 0 Å². The van der Waals surface area contributed by atoms with E-state index in [-0.39, 0.29) is 10.8 Å². The van der Waals surface area contributed by atoms with Crippen LogP contribution < -0.4 is 0 Å². The highest BCUT2D eigenvalue weighted by atomic mass is 14.8. The Bertz CT molecular complexity index is 2680. The van der Waals surface area contributed by atoms with Gasteiger partial charge in [-0.05, 0) is 119 Å². The number of hydrogen-bond donors (Lipinski definition) is 0. The molecule has 0 aliphatic heterocycles. The van der Waals surface area contributed by atoms with Crippen LogP contribution in [0.15, 0.2) is 146 Å². The van der Waals surface area contributed by atoms with Crippen LogP contribution in [0.4, 0.5) is 0 Å². The first-order chi connectivity index (χ1) is 24.3. The zero-order valence-corrected chi connectivity index (χ0v) is 28.8. The van der Waals surface area contributed by atoms with Crippen LogP contribution >= 0.6 is 0 Å². The van der Waals surface area contributed by atoms with Crippen LogP contribution in [0.2, 0.25) is 0 Å². The molecule has 0 spiro atoms. The van der Waals surface area contributed by atoms with Gasteiger partial charge in [0.1, 0.15) is 0 Å². The lowest BCUT2D eigenvalue weighted by Gasteiger charge is -2.24. The number of hydrogen-bond acceptors (Lipinski definition) is 2. The number of nitrogens with zero attached hydrogens (tertiary/aromatic N) is 2. The second-order valence-electron chi connectivity index (χ2n) is 15.0. The minimum absolute atomic E-state index is 0.0846. The maximum absolute atomic E-state index is 4.97. The van der Waals surface area contributed by atoms with E-state index in [1.165, 1.54) is 82.7 Å². The van der Waals surface area contributed by atoms with Crippen LogP contribution in [0.3, 0.4) is 0 Å². The molecule has 2 heterocycles. The Balaban J connectivity index is 1.30. The van der Waals surface area contributed by atoms with Gasteiger partial charge >= 0.3 is 0 Å². The van der Waals surface area contributed by atoms with Crippen LogP contribution in [-0.4, -0.2) is 9.97 Å². The quantitative estimate of drug-likeness (QED) is 0.180. The van der Waals surface area contributed by atoms with Gasteiger partial charge in [-0.2, -0.15) is 0 Å². The standard InChI is InChI=1S/C48H36N2/c1-47(2)39-17-9-7-13-31(39)33-22-20-29(25-41(33)47)45-34-15-5-6-16-35(34)46(30-21-23-44(50-28-30)43-19-11-12-24-49-43)38-27-42-36(26-37(38)45)32-14-8-10-18-40(32)48(42,3)4/h5-28H,1-4H3. The Morgan fingerprint density at radius 1 is 0.380 bits per heavy atom. The Kier molecular flexibility index (Phi) is 6.01. The van der Waals surface area contributed by atoms with Gasteiger partial charge in [0, 0.05) is 28.8 Å². The molecule has 0 saturated heterocycles. The average Bonchev–Trinajstić information content (AvgIpc) is 3.52. The number of fused-ring (bicyclic) bond motifs is 8. The highest BCUT2D eigenvalue weighted by molar-refractivity contribution is 6.22. The molecule has 238 valence electrons. The van der Waals surface area contributed by atoms with Crippen molar-refractivity contribution in [3.8, 4) is 55.9 Å². The van der Waals surface area contributed by atoms with Crippen molar-refractivity contribution in [3.05, 3.63) is 168 Å². The van der Waals surface area contributed by atoms with Crippen LogP contribution in [0.1, 0.15) is 49.9 Å². The smallest absolute Gasteiger partial charge is 0.0886 e. The SMILES string of the molecule is CC1(C)c2ccccc2-c2ccc(-c3c4ccccc4c(-c4ccc(-c5ccccn5)nc4)c4cc5c(cc34)-c3ccccc3C5(C)C)cc21. The second kappa shape index (κ2) is 10.3. The van der Waals surface area contributed by atoms with Gasteiger partial charge in [-0.3, -0.25) is 9.97 Å². The summed E-state index contributed by atoms with van der Waals surface area (Å²) in [5.41, 5.74) is 17.3. The molecule has 2 nitrogen and oxygen atoms in total. The lowest BCUT2D eigenvalue weighted by molar-refractivity contribution is 0.660. The molecule has 0 N–H and O–H groups in total. The van der Waals surface area contributed by atoms with Gasteiger partial charge in [0.15, 0.2) is 0 Å². The Morgan fingerprint density at radius 2 is 0.920 bits per heavy atom. The minimum Gasteiger partial charge on any atom is -0.255 e. The van der Waals surface area contributed by atoms with Crippen molar-refractivity contribution >= 4 is 21.5 Å². The molecule has 10 rings (SSSR count). The maximum Gasteiger partial charge on any atom is 0.0886 e. The Labute approximate surface area is 293 Å². The van der Waals surface area contributed by atoms with Crippen molar-refractivity contribution in [2.45, 2.75) is 38.5 Å². The fourth-order valence-electron chi connectivity index (χ4n) is 9.06. The molecule has 2 heteroatoms. The van der Waals surface area contributed by atoms with Gasteiger partial charge in [-0.25, -0.2) is 0 Å². The summed E-state index contributed by atoms with van der Waals surface area (Å²) in [7, 11) is 0. The summed E-state index contributed by atoms with van der Waals surface area (Å²) in [6.45, 7) is 9.48. The van der Waals surface area contributed by atoms with E-state index in [4.69, 9.17) is 4.98 Å². The first-order valence-corrected chi connectivity index (χ1v) is 17.6. The predicted octanol–water partition coefficient (Wildman–Crippen LogP) is 12.4. The van der Waals surface area contributed by atoms with Gasteiger partial charge < -0.3 is 0 Å². The fraction of sp³-hybridized carbons (Fsp3) is 0.125. The third-order valence-electron chi connectivity index (χ3n) is 11.6. The monoisotopic (exact) mass is 640 g/mol. The predicted molar refractivity (Wildman–Crippen MR) is 208 cm³/mol. The zero-order valence-electron chi connectivity index (χ0n) is 28.8. The van der Waals surface area contributed by atoms with Gasteiger partial charge in [0.25, 0.3) is 0 Å². The van der Waals surface area contributed by atoms with E-state index < -0.39 is 0 Å². The molecule has 0 saturated carbocycles. The van der Waals surface area contributed by atoms with Crippen molar-refractivity contribution in [2.75, 3.05) is 0 Å². The molecule has 2 aliphatic carbocycles. The van der Waals surface area contributed by atoms with E-state index >= 15 is 0 Å². The van der Waals surface area contributed by atoms with Gasteiger partial charge in [0.2, 0.25) is 0 Å². The molecule has 0 radical (unpaired) electrons. The highest BCUT2D eigenvalue weighted by Gasteiger charge is 2.37.